The summed E-state index contributed by atoms with van der Waals surface area (Å²) in [6.07, 6.45) is -1.74. The Bertz CT molecular complexity index is 1000. The van der Waals surface area contributed by atoms with Gasteiger partial charge in [0.05, 0.1) is 6.33 Å². The summed E-state index contributed by atoms with van der Waals surface area (Å²) in [5.41, 5.74) is 1.14. The number of rotatable bonds is 5. The Labute approximate surface area is 162 Å². The first kappa shape index (κ1) is 19.4. The minimum atomic E-state index is -4.78. The summed E-state index contributed by atoms with van der Waals surface area (Å²) in [4.78, 5) is 11.8. The highest BCUT2D eigenvalue weighted by Crippen LogP contribution is 2.28. The van der Waals surface area contributed by atoms with Gasteiger partial charge in [0, 0.05) is 13.2 Å². The van der Waals surface area contributed by atoms with E-state index >= 15 is 0 Å². The molecule has 2 aromatic heterocycles. The van der Waals surface area contributed by atoms with Gasteiger partial charge in [-0.05, 0) is 37.0 Å². The summed E-state index contributed by atoms with van der Waals surface area (Å²) < 4.78 is 62.4. The predicted octanol–water partition coefficient (Wildman–Crippen LogP) is 4.18. The van der Waals surface area contributed by atoms with Crippen molar-refractivity contribution in [2.24, 2.45) is 0 Å². The fourth-order valence-corrected chi connectivity index (χ4v) is 3.21. The molecule has 1 aliphatic heterocycles. The van der Waals surface area contributed by atoms with E-state index in [0.717, 1.165) is 19.3 Å². The number of nitrogens with one attached hydrogen (secondary N) is 1. The van der Waals surface area contributed by atoms with Crippen molar-refractivity contribution in [1.29, 1.82) is 0 Å². The smallest absolute Gasteiger partial charge is 0.406 e. The first-order chi connectivity index (χ1) is 13.9. The summed E-state index contributed by atoms with van der Waals surface area (Å²) in [7, 11) is 0. The van der Waals surface area contributed by atoms with Crippen molar-refractivity contribution in [3.8, 4) is 5.75 Å². The van der Waals surface area contributed by atoms with Crippen LogP contribution in [0.3, 0.4) is 0 Å². The number of fused-ring (bicyclic) bond motifs is 1. The topological polar surface area (TPSA) is 74.1 Å². The molecule has 1 unspecified atom stereocenters. The van der Waals surface area contributed by atoms with Crippen LogP contribution >= 0.6 is 0 Å². The molecule has 1 saturated heterocycles. The van der Waals surface area contributed by atoms with E-state index < -0.39 is 12.4 Å². The maximum absolute atomic E-state index is 14.0. The van der Waals surface area contributed by atoms with Gasteiger partial charge in [0.2, 0.25) is 0 Å². The molecule has 7 nitrogen and oxygen atoms in total. The lowest BCUT2D eigenvalue weighted by Crippen LogP contribution is -2.18. The van der Waals surface area contributed by atoms with Crippen LogP contribution in [0.2, 0.25) is 0 Å². The quantitative estimate of drug-likeness (QED) is 0.502. The second kappa shape index (κ2) is 7.82. The first-order valence-electron chi connectivity index (χ1n) is 8.99. The van der Waals surface area contributed by atoms with Gasteiger partial charge < -0.3 is 14.8 Å². The predicted molar refractivity (Wildman–Crippen MR) is 94.6 cm³/mol. The summed E-state index contributed by atoms with van der Waals surface area (Å²) >= 11 is 0. The highest BCUT2D eigenvalue weighted by atomic mass is 19.4. The number of hydrogen-bond donors (Lipinski definition) is 1. The number of ether oxygens (including phenoxy) is 2. The van der Waals surface area contributed by atoms with Crippen LogP contribution in [0.15, 0.2) is 30.6 Å². The molecule has 3 heterocycles. The van der Waals surface area contributed by atoms with E-state index in [1.807, 2.05) is 0 Å². The van der Waals surface area contributed by atoms with Crippen molar-refractivity contribution >= 4 is 17.0 Å². The van der Waals surface area contributed by atoms with Crippen LogP contribution in [-0.4, -0.2) is 32.5 Å². The zero-order valence-electron chi connectivity index (χ0n) is 15.1. The Morgan fingerprint density at radius 1 is 1.24 bits per heavy atom. The molecule has 154 valence electrons. The summed E-state index contributed by atoms with van der Waals surface area (Å²) in [5, 5.41) is 2.91. The Hall–Kier alpha value is -2.95. The lowest BCUT2D eigenvalue weighted by Gasteiger charge is -2.23. The molecule has 0 spiro atoms. The van der Waals surface area contributed by atoms with Gasteiger partial charge in [-0.15, -0.1) is 13.2 Å². The lowest BCUT2D eigenvalue weighted by molar-refractivity contribution is -0.274. The molecule has 0 aliphatic carbocycles. The van der Waals surface area contributed by atoms with Crippen molar-refractivity contribution in [3.05, 3.63) is 42.2 Å². The summed E-state index contributed by atoms with van der Waals surface area (Å²) in [5.74, 6) is -0.196. The van der Waals surface area contributed by atoms with Crippen molar-refractivity contribution in [2.45, 2.75) is 38.4 Å². The minimum Gasteiger partial charge on any atom is -0.406 e. The third-order valence-corrected chi connectivity index (χ3v) is 4.45. The van der Waals surface area contributed by atoms with E-state index in [9.17, 15) is 17.6 Å². The zero-order valence-corrected chi connectivity index (χ0v) is 15.1. The number of alkyl halides is 3. The molecule has 0 bridgehead atoms. The van der Waals surface area contributed by atoms with Crippen molar-refractivity contribution in [3.63, 3.8) is 0 Å². The van der Waals surface area contributed by atoms with Gasteiger partial charge in [-0.2, -0.15) is 14.4 Å². The van der Waals surface area contributed by atoms with Crippen LogP contribution in [-0.2, 0) is 11.3 Å². The van der Waals surface area contributed by atoms with Gasteiger partial charge in [0.25, 0.3) is 0 Å². The molecule has 1 fully saturated rings. The summed E-state index contributed by atoms with van der Waals surface area (Å²) in [6, 6.07) is 5.48. The number of hydrogen-bond acceptors (Lipinski definition) is 6. The Morgan fingerprint density at radius 3 is 2.86 bits per heavy atom. The average Bonchev–Trinajstić information content (AvgIpc) is 3.09. The van der Waals surface area contributed by atoms with E-state index in [1.165, 1.54) is 24.5 Å². The zero-order chi connectivity index (χ0) is 20.4. The van der Waals surface area contributed by atoms with Gasteiger partial charge in [0.1, 0.15) is 12.0 Å². The van der Waals surface area contributed by atoms with Crippen LogP contribution < -0.4 is 10.1 Å². The lowest BCUT2D eigenvalue weighted by atomic mass is 10.2. The highest BCUT2D eigenvalue weighted by molar-refractivity contribution is 5.82. The largest absolute Gasteiger partial charge is 0.573 e. The molecule has 3 aromatic rings. The fourth-order valence-electron chi connectivity index (χ4n) is 3.21. The molecule has 1 N–H and O–H groups in total. The third kappa shape index (κ3) is 4.56. The maximum atomic E-state index is 14.0. The van der Waals surface area contributed by atoms with Crippen molar-refractivity contribution in [1.82, 2.24) is 19.5 Å². The second-order valence-corrected chi connectivity index (χ2v) is 6.54. The molecule has 1 aromatic carbocycles. The van der Waals surface area contributed by atoms with Crippen molar-refractivity contribution in [2.75, 3.05) is 11.9 Å². The van der Waals surface area contributed by atoms with Crippen LogP contribution in [0.25, 0.3) is 11.2 Å². The van der Waals surface area contributed by atoms with Crippen LogP contribution in [0.1, 0.15) is 31.1 Å². The molecular formula is C18H17F4N5O2. The molecule has 4 rings (SSSR count). The number of anilines is 1. The maximum Gasteiger partial charge on any atom is 0.573 e. The third-order valence-electron chi connectivity index (χ3n) is 4.45. The van der Waals surface area contributed by atoms with Gasteiger partial charge in [-0.3, -0.25) is 4.57 Å². The first-order valence-corrected chi connectivity index (χ1v) is 8.99. The number of halogens is 4. The number of aromatic nitrogens is 4. The number of benzene rings is 1. The minimum absolute atomic E-state index is 0.0907. The second-order valence-electron chi connectivity index (χ2n) is 6.54. The average molecular weight is 411 g/mol. The molecule has 29 heavy (non-hydrogen) atoms. The molecule has 1 aliphatic rings. The van der Waals surface area contributed by atoms with Crippen LogP contribution in [0.4, 0.5) is 23.4 Å². The molecule has 1 atom stereocenters. The molecular weight excluding hydrogens is 394 g/mol. The highest BCUT2D eigenvalue weighted by Gasteiger charge is 2.31. The van der Waals surface area contributed by atoms with Crippen LogP contribution in [0.5, 0.6) is 5.75 Å². The Kier molecular flexibility index (Phi) is 5.22. The van der Waals surface area contributed by atoms with Gasteiger partial charge >= 0.3 is 12.4 Å². The van der Waals surface area contributed by atoms with Gasteiger partial charge in [-0.25, -0.2) is 4.98 Å². The molecule has 0 saturated carbocycles. The SMILES string of the molecule is Fc1nc(NCc2cccc(OC(F)(F)F)c2)c2ncn(C3CCCCO3)c2n1. The fraction of sp³-hybridized carbons (Fsp3) is 0.389. The van der Waals surface area contributed by atoms with Crippen LogP contribution in [0, 0.1) is 6.08 Å². The van der Waals surface area contributed by atoms with E-state index in [4.69, 9.17) is 4.74 Å². The van der Waals surface area contributed by atoms with E-state index in [1.54, 1.807) is 10.6 Å². The molecule has 11 heteroatoms. The van der Waals surface area contributed by atoms with E-state index in [2.05, 4.69) is 25.0 Å². The Morgan fingerprint density at radius 2 is 2.10 bits per heavy atom. The van der Waals surface area contributed by atoms with Gasteiger partial charge in [-0.1, -0.05) is 12.1 Å². The number of nitrogens with zero attached hydrogens (tertiary/aromatic N) is 4. The van der Waals surface area contributed by atoms with Gasteiger partial charge in [0.15, 0.2) is 17.0 Å². The standard InChI is InChI=1S/C18H17F4N5O2/c19-17-25-15(23-9-11-4-3-5-12(8-11)29-18(20,21)22)14-16(26-17)27(10-24-14)13-6-1-2-7-28-13/h3-5,8,10,13H,1-2,6-7,9H2,(H,23,25,26). The molecule has 0 amide bonds. The molecule has 0 radical (unpaired) electrons. The van der Waals surface area contributed by atoms with Crippen molar-refractivity contribution < 1.29 is 27.0 Å². The Balaban J connectivity index is 1.55. The van der Waals surface area contributed by atoms with E-state index in [-0.39, 0.29) is 24.3 Å². The summed E-state index contributed by atoms with van der Waals surface area (Å²) in [6.45, 7) is 0.701. The number of imidazole rings is 1. The monoisotopic (exact) mass is 411 g/mol. The normalized spacial score (nSPS) is 17.4. The van der Waals surface area contributed by atoms with E-state index in [0.29, 0.717) is 23.3 Å².